The number of nitrogens with one attached hydrogen (secondary N) is 1. The van der Waals surface area contributed by atoms with Crippen molar-refractivity contribution in [3.8, 4) is 5.75 Å². The van der Waals surface area contributed by atoms with Crippen LogP contribution in [0.2, 0.25) is 0 Å². The maximum Gasteiger partial charge on any atom is 0.226 e. The second kappa shape index (κ2) is 9.01. The van der Waals surface area contributed by atoms with Gasteiger partial charge in [-0.1, -0.05) is 6.07 Å². The quantitative estimate of drug-likeness (QED) is 0.873. The predicted molar refractivity (Wildman–Crippen MR) is 91.9 cm³/mol. The lowest BCUT2D eigenvalue weighted by Gasteiger charge is -2.17. The van der Waals surface area contributed by atoms with Gasteiger partial charge in [-0.3, -0.25) is 4.79 Å². The minimum atomic E-state index is 0. The van der Waals surface area contributed by atoms with Crippen molar-refractivity contribution in [2.45, 2.75) is 26.7 Å². The van der Waals surface area contributed by atoms with Gasteiger partial charge in [-0.2, -0.15) is 0 Å². The van der Waals surface area contributed by atoms with E-state index < -0.39 is 0 Å². The van der Waals surface area contributed by atoms with Crippen LogP contribution in [0, 0.1) is 19.8 Å². The summed E-state index contributed by atoms with van der Waals surface area (Å²) in [5.74, 6) is 1.66. The normalized spacial score (nSPS) is 17.2. The molecule has 1 fully saturated rings. The zero-order chi connectivity index (χ0) is 15.2. The molecule has 2 rings (SSSR count). The molecular formula is C17H27ClN2O2. The zero-order valence-corrected chi connectivity index (χ0v) is 14.5. The molecule has 1 atom stereocenters. The highest BCUT2D eigenvalue weighted by molar-refractivity contribution is 5.85. The van der Waals surface area contributed by atoms with Gasteiger partial charge in [-0.05, 0) is 63.0 Å². The average molecular weight is 327 g/mol. The van der Waals surface area contributed by atoms with Gasteiger partial charge < -0.3 is 15.0 Å². The first-order chi connectivity index (χ1) is 10.1. The molecule has 0 spiro atoms. The van der Waals surface area contributed by atoms with Gasteiger partial charge in [-0.25, -0.2) is 0 Å². The van der Waals surface area contributed by atoms with Gasteiger partial charge in [0.2, 0.25) is 5.91 Å². The van der Waals surface area contributed by atoms with E-state index in [1.54, 1.807) is 0 Å². The molecule has 0 aromatic heterocycles. The number of benzene rings is 1. The standard InChI is InChI=1S/C17H26N2O2.ClH/c1-13-8-14(2)10-16(9-13)21-7-5-17(20)19-6-4-15(12-19)11-18-3;/h8-10,15,18H,4-7,11-12H2,1-3H3;1H. The van der Waals surface area contributed by atoms with Gasteiger partial charge in [0.1, 0.15) is 5.75 Å². The predicted octanol–water partition coefficient (Wildman–Crippen LogP) is 2.56. The number of ether oxygens (including phenoxy) is 1. The highest BCUT2D eigenvalue weighted by Gasteiger charge is 2.25. The maximum absolute atomic E-state index is 12.1. The number of rotatable bonds is 6. The van der Waals surface area contributed by atoms with Crippen molar-refractivity contribution in [3.05, 3.63) is 29.3 Å². The first-order valence-corrected chi connectivity index (χ1v) is 7.72. The van der Waals surface area contributed by atoms with Crippen LogP contribution in [-0.2, 0) is 4.79 Å². The SMILES string of the molecule is CNCC1CCN(C(=O)CCOc2cc(C)cc(C)c2)C1.Cl. The molecule has 0 saturated carbocycles. The van der Waals surface area contributed by atoms with E-state index in [4.69, 9.17) is 4.74 Å². The van der Waals surface area contributed by atoms with Crippen LogP contribution in [0.5, 0.6) is 5.75 Å². The fourth-order valence-corrected chi connectivity index (χ4v) is 2.95. The molecule has 1 saturated heterocycles. The van der Waals surface area contributed by atoms with Gasteiger partial charge in [0.05, 0.1) is 13.0 Å². The molecule has 124 valence electrons. The average Bonchev–Trinajstić information content (AvgIpc) is 2.86. The smallest absolute Gasteiger partial charge is 0.226 e. The molecule has 1 aliphatic rings. The zero-order valence-electron chi connectivity index (χ0n) is 13.7. The Morgan fingerprint density at radius 1 is 1.32 bits per heavy atom. The number of carbonyl (C=O) groups is 1. The van der Waals surface area contributed by atoms with Crippen molar-refractivity contribution in [1.82, 2.24) is 10.2 Å². The van der Waals surface area contributed by atoms with E-state index in [9.17, 15) is 4.79 Å². The summed E-state index contributed by atoms with van der Waals surface area (Å²) in [5, 5.41) is 3.18. The number of amides is 1. The molecule has 5 heteroatoms. The molecule has 1 aromatic carbocycles. The fourth-order valence-electron chi connectivity index (χ4n) is 2.95. The van der Waals surface area contributed by atoms with Crippen molar-refractivity contribution < 1.29 is 9.53 Å². The van der Waals surface area contributed by atoms with Gasteiger partial charge in [0.15, 0.2) is 0 Å². The van der Waals surface area contributed by atoms with Crippen LogP contribution in [0.1, 0.15) is 24.0 Å². The number of carbonyl (C=O) groups excluding carboxylic acids is 1. The van der Waals surface area contributed by atoms with Crippen LogP contribution in [0.3, 0.4) is 0 Å². The topological polar surface area (TPSA) is 41.6 Å². The molecule has 1 N–H and O–H groups in total. The number of nitrogens with zero attached hydrogens (tertiary/aromatic N) is 1. The summed E-state index contributed by atoms with van der Waals surface area (Å²) in [6, 6.07) is 6.14. The van der Waals surface area contributed by atoms with Crippen LogP contribution in [0.15, 0.2) is 18.2 Å². The Morgan fingerprint density at radius 2 is 2.00 bits per heavy atom. The summed E-state index contributed by atoms with van der Waals surface area (Å²) >= 11 is 0. The van der Waals surface area contributed by atoms with Crippen LogP contribution >= 0.6 is 12.4 Å². The van der Waals surface area contributed by atoms with E-state index in [1.807, 2.05) is 24.1 Å². The molecule has 0 radical (unpaired) electrons. The first kappa shape index (κ1) is 18.8. The second-order valence-corrected chi connectivity index (χ2v) is 5.97. The lowest BCUT2D eigenvalue weighted by molar-refractivity contribution is -0.130. The molecule has 0 aliphatic carbocycles. The van der Waals surface area contributed by atoms with E-state index >= 15 is 0 Å². The molecule has 0 bridgehead atoms. The van der Waals surface area contributed by atoms with Gasteiger partial charge in [0.25, 0.3) is 0 Å². The summed E-state index contributed by atoms with van der Waals surface area (Å²) < 4.78 is 5.71. The number of hydrogen-bond donors (Lipinski definition) is 1. The van der Waals surface area contributed by atoms with Gasteiger partial charge in [0, 0.05) is 13.1 Å². The lowest BCUT2D eigenvalue weighted by atomic mass is 10.1. The number of halogens is 1. The van der Waals surface area contributed by atoms with Gasteiger partial charge in [-0.15, -0.1) is 12.4 Å². The Labute approximate surface area is 139 Å². The molecule has 1 aromatic rings. The molecule has 1 aliphatic heterocycles. The summed E-state index contributed by atoms with van der Waals surface area (Å²) in [4.78, 5) is 14.1. The van der Waals surface area contributed by atoms with E-state index in [0.717, 1.165) is 31.8 Å². The number of likely N-dealkylation sites (tertiary alicyclic amines) is 1. The molecular weight excluding hydrogens is 300 g/mol. The molecule has 22 heavy (non-hydrogen) atoms. The largest absolute Gasteiger partial charge is 0.493 e. The molecule has 1 heterocycles. The third-order valence-corrected chi connectivity index (χ3v) is 3.91. The molecule has 1 amide bonds. The van der Waals surface area contributed by atoms with Crippen molar-refractivity contribution >= 4 is 18.3 Å². The molecule has 4 nitrogen and oxygen atoms in total. The van der Waals surface area contributed by atoms with Crippen molar-refractivity contribution in [2.75, 3.05) is 33.3 Å². The summed E-state index contributed by atoms with van der Waals surface area (Å²) in [6.45, 7) is 7.31. The summed E-state index contributed by atoms with van der Waals surface area (Å²) in [6.07, 6.45) is 1.56. The Morgan fingerprint density at radius 3 is 2.64 bits per heavy atom. The van der Waals surface area contributed by atoms with Crippen molar-refractivity contribution in [1.29, 1.82) is 0 Å². The van der Waals surface area contributed by atoms with E-state index in [2.05, 4.69) is 25.2 Å². The Balaban J connectivity index is 0.00000242. The van der Waals surface area contributed by atoms with Gasteiger partial charge >= 0.3 is 0 Å². The summed E-state index contributed by atoms with van der Waals surface area (Å²) in [7, 11) is 1.96. The Hall–Kier alpha value is -1.26. The van der Waals surface area contributed by atoms with Crippen LogP contribution in [0.25, 0.3) is 0 Å². The fraction of sp³-hybridized carbons (Fsp3) is 0.588. The number of hydrogen-bond acceptors (Lipinski definition) is 3. The maximum atomic E-state index is 12.1. The van der Waals surface area contributed by atoms with E-state index in [0.29, 0.717) is 18.9 Å². The van der Waals surface area contributed by atoms with Crippen molar-refractivity contribution in [3.63, 3.8) is 0 Å². The van der Waals surface area contributed by atoms with Crippen molar-refractivity contribution in [2.24, 2.45) is 5.92 Å². The van der Waals surface area contributed by atoms with Crippen LogP contribution < -0.4 is 10.1 Å². The van der Waals surface area contributed by atoms with E-state index in [1.165, 1.54) is 11.1 Å². The van der Waals surface area contributed by atoms with Crippen LogP contribution in [-0.4, -0.2) is 44.1 Å². The monoisotopic (exact) mass is 326 g/mol. The minimum absolute atomic E-state index is 0. The third kappa shape index (κ3) is 5.50. The highest BCUT2D eigenvalue weighted by Crippen LogP contribution is 2.18. The Bertz CT molecular complexity index is 473. The minimum Gasteiger partial charge on any atom is -0.493 e. The lowest BCUT2D eigenvalue weighted by Crippen LogP contribution is -2.31. The number of aryl methyl sites for hydroxylation is 2. The highest BCUT2D eigenvalue weighted by atomic mass is 35.5. The third-order valence-electron chi connectivity index (χ3n) is 3.91. The Kier molecular flexibility index (Phi) is 7.69. The summed E-state index contributed by atoms with van der Waals surface area (Å²) in [5.41, 5.74) is 2.37. The van der Waals surface area contributed by atoms with Crippen LogP contribution in [0.4, 0.5) is 0 Å². The first-order valence-electron chi connectivity index (χ1n) is 7.72. The second-order valence-electron chi connectivity index (χ2n) is 5.97. The van der Waals surface area contributed by atoms with E-state index in [-0.39, 0.29) is 18.3 Å². The molecule has 1 unspecified atom stereocenters.